The summed E-state index contributed by atoms with van der Waals surface area (Å²) in [7, 11) is -3.51. The largest absolute Gasteiger partial charge is 0.352 e. The predicted molar refractivity (Wildman–Crippen MR) is 90.2 cm³/mol. The van der Waals surface area contributed by atoms with Gasteiger partial charge in [-0.1, -0.05) is 24.3 Å². The standard InChI is InChI=1S/C17H24N2O3S/c1-13(2)19-23(21,22)16-9-5-8-15(10-16)12-18-17(20)11-14-6-3-4-7-14/h3,5-6,8-10,13-14,19H,4,7,11-12H2,1-2H3,(H,18,20)/t14-/m1/s1. The third-order valence-corrected chi connectivity index (χ3v) is 5.31. The molecule has 1 atom stereocenters. The van der Waals surface area contributed by atoms with Crippen LogP contribution in [0.15, 0.2) is 41.3 Å². The van der Waals surface area contributed by atoms with Crippen LogP contribution in [-0.2, 0) is 21.4 Å². The topological polar surface area (TPSA) is 75.3 Å². The molecule has 1 aromatic carbocycles. The summed E-state index contributed by atoms with van der Waals surface area (Å²) < 4.78 is 26.9. The van der Waals surface area contributed by atoms with Gasteiger partial charge in [0.2, 0.25) is 15.9 Å². The van der Waals surface area contributed by atoms with Crippen molar-refractivity contribution in [1.82, 2.24) is 10.0 Å². The van der Waals surface area contributed by atoms with Crippen molar-refractivity contribution in [3.05, 3.63) is 42.0 Å². The van der Waals surface area contributed by atoms with E-state index in [1.54, 1.807) is 32.0 Å². The molecule has 126 valence electrons. The Kier molecular flexibility index (Phi) is 5.96. The number of rotatable bonds is 7. The van der Waals surface area contributed by atoms with Gasteiger partial charge in [-0.2, -0.15) is 0 Å². The fraction of sp³-hybridized carbons (Fsp3) is 0.471. The Bertz CT molecular complexity index is 681. The summed E-state index contributed by atoms with van der Waals surface area (Å²) in [5.41, 5.74) is 0.770. The summed E-state index contributed by atoms with van der Waals surface area (Å²) in [5.74, 6) is 0.326. The molecule has 0 saturated carbocycles. The average molecular weight is 336 g/mol. The van der Waals surface area contributed by atoms with E-state index in [-0.39, 0.29) is 16.8 Å². The van der Waals surface area contributed by atoms with Crippen LogP contribution in [0.3, 0.4) is 0 Å². The summed E-state index contributed by atoms with van der Waals surface area (Å²) in [6, 6.07) is 6.49. The van der Waals surface area contributed by atoms with Crippen LogP contribution in [0.25, 0.3) is 0 Å². The molecule has 0 aromatic heterocycles. The van der Waals surface area contributed by atoms with E-state index in [9.17, 15) is 13.2 Å². The van der Waals surface area contributed by atoms with Crippen LogP contribution in [0.2, 0.25) is 0 Å². The highest BCUT2D eigenvalue weighted by atomic mass is 32.2. The first-order valence-corrected chi connectivity index (χ1v) is 9.40. The second-order valence-corrected chi connectivity index (χ2v) is 7.88. The highest BCUT2D eigenvalue weighted by Gasteiger charge is 2.16. The summed E-state index contributed by atoms with van der Waals surface area (Å²) in [6.07, 6.45) is 6.75. The number of nitrogens with one attached hydrogen (secondary N) is 2. The van der Waals surface area contributed by atoms with Crippen molar-refractivity contribution in [2.45, 2.75) is 50.6 Å². The van der Waals surface area contributed by atoms with Crippen molar-refractivity contribution in [2.24, 2.45) is 5.92 Å². The van der Waals surface area contributed by atoms with Crippen LogP contribution in [-0.4, -0.2) is 20.4 Å². The minimum atomic E-state index is -3.51. The van der Waals surface area contributed by atoms with Gasteiger partial charge >= 0.3 is 0 Å². The van der Waals surface area contributed by atoms with E-state index in [0.717, 1.165) is 18.4 Å². The molecule has 2 N–H and O–H groups in total. The van der Waals surface area contributed by atoms with Crippen LogP contribution >= 0.6 is 0 Å². The molecule has 0 fully saturated rings. The van der Waals surface area contributed by atoms with Gasteiger partial charge in [0.05, 0.1) is 4.90 Å². The number of carbonyl (C=O) groups excluding carboxylic acids is 1. The SMILES string of the molecule is CC(C)NS(=O)(=O)c1cccc(CNC(=O)C[C@@H]2C=CCC2)c1. The third-order valence-electron chi connectivity index (χ3n) is 3.65. The number of allylic oxidation sites excluding steroid dienone is 2. The van der Waals surface area contributed by atoms with Gasteiger partial charge in [0, 0.05) is 19.0 Å². The van der Waals surface area contributed by atoms with E-state index in [1.807, 2.05) is 6.07 Å². The Hall–Kier alpha value is -1.66. The monoisotopic (exact) mass is 336 g/mol. The lowest BCUT2D eigenvalue weighted by Gasteiger charge is -2.12. The third kappa shape index (κ3) is 5.48. The molecule has 6 heteroatoms. The van der Waals surface area contributed by atoms with Gasteiger partial charge in [0.15, 0.2) is 0 Å². The lowest BCUT2D eigenvalue weighted by atomic mass is 10.1. The zero-order valence-corrected chi connectivity index (χ0v) is 14.4. The maximum atomic E-state index is 12.2. The molecule has 0 radical (unpaired) electrons. The molecule has 0 spiro atoms. The molecule has 1 aliphatic carbocycles. The number of benzene rings is 1. The van der Waals surface area contributed by atoms with E-state index >= 15 is 0 Å². The maximum Gasteiger partial charge on any atom is 0.240 e. The van der Waals surface area contributed by atoms with Crippen molar-refractivity contribution in [3.63, 3.8) is 0 Å². The molecule has 0 heterocycles. The quantitative estimate of drug-likeness (QED) is 0.751. The van der Waals surface area contributed by atoms with E-state index in [1.165, 1.54) is 0 Å². The summed E-state index contributed by atoms with van der Waals surface area (Å²) in [6.45, 7) is 3.89. The lowest BCUT2D eigenvalue weighted by Crippen LogP contribution is -2.30. The van der Waals surface area contributed by atoms with Gasteiger partial charge in [-0.15, -0.1) is 0 Å². The van der Waals surface area contributed by atoms with E-state index < -0.39 is 10.0 Å². The summed E-state index contributed by atoms with van der Waals surface area (Å²) >= 11 is 0. The van der Waals surface area contributed by atoms with Crippen LogP contribution in [0, 0.1) is 5.92 Å². The smallest absolute Gasteiger partial charge is 0.240 e. The molecule has 0 saturated heterocycles. The second-order valence-electron chi connectivity index (χ2n) is 6.17. The molecule has 23 heavy (non-hydrogen) atoms. The first-order chi connectivity index (χ1) is 10.9. The zero-order chi connectivity index (χ0) is 16.9. The minimum absolute atomic E-state index is 0.00452. The van der Waals surface area contributed by atoms with Gasteiger partial charge in [-0.3, -0.25) is 4.79 Å². The number of carbonyl (C=O) groups is 1. The van der Waals surface area contributed by atoms with Crippen LogP contribution < -0.4 is 10.0 Å². The molecule has 1 aromatic rings. The second kappa shape index (κ2) is 7.75. The Morgan fingerprint density at radius 2 is 2.13 bits per heavy atom. The average Bonchev–Trinajstić information content (AvgIpc) is 2.97. The molecule has 0 unspecified atom stereocenters. The number of sulfonamides is 1. The lowest BCUT2D eigenvalue weighted by molar-refractivity contribution is -0.121. The fourth-order valence-electron chi connectivity index (χ4n) is 2.58. The number of hydrogen-bond acceptors (Lipinski definition) is 3. The zero-order valence-electron chi connectivity index (χ0n) is 13.6. The van der Waals surface area contributed by atoms with Crippen molar-refractivity contribution in [2.75, 3.05) is 0 Å². The van der Waals surface area contributed by atoms with Gasteiger partial charge in [-0.25, -0.2) is 13.1 Å². The van der Waals surface area contributed by atoms with Gasteiger partial charge in [-0.05, 0) is 50.3 Å². The Morgan fingerprint density at radius 1 is 1.35 bits per heavy atom. The van der Waals surface area contributed by atoms with Gasteiger partial charge in [0.1, 0.15) is 0 Å². The molecule has 5 nitrogen and oxygen atoms in total. The normalized spacial score (nSPS) is 17.6. The molecule has 0 aliphatic heterocycles. The molecule has 0 bridgehead atoms. The Morgan fingerprint density at radius 3 is 2.78 bits per heavy atom. The predicted octanol–water partition coefficient (Wildman–Crippen LogP) is 2.35. The Balaban J connectivity index is 1.94. The highest BCUT2D eigenvalue weighted by Crippen LogP contribution is 2.20. The molecular weight excluding hydrogens is 312 g/mol. The summed E-state index contributed by atoms with van der Waals surface area (Å²) in [5, 5.41) is 2.86. The van der Waals surface area contributed by atoms with Crippen LogP contribution in [0.1, 0.15) is 38.7 Å². The first kappa shape index (κ1) is 17.7. The first-order valence-electron chi connectivity index (χ1n) is 7.91. The van der Waals surface area contributed by atoms with Crippen LogP contribution in [0.5, 0.6) is 0 Å². The van der Waals surface area contributed by atoms with Crippen molar-refractivity contribution in [1.29, 1.82) is 0 Å². The molecule has 1 amide bonds. The minimum Gasteiger partial charge on any atom is -0.352 e. The number of amides is 1. The number of hydrogen-bond donors (Lipinski definition) is 2. The molecule has 1 aliphatic rings. The maximum absolute atomic E-state index is 12.2. The van der Waals surface area contributed by atoms with E-state index in [2.05, 4.69) is 22.2 Å². The van der Waals surface area contributed by atoms with E-state index in [4.69, 9.17) is 0 Å². The van der Waals surface area contributed by atoms with Crippen molar-refractivity contribution in [3.8, 4) is 0 Å². The van der Waals surface area contributed by atoms with Gasteiger partial charge in [0.25, 0.3) is 0 Å². The molecule has 2 rings (SSSR count). The van der Waals surface area contributed by atoms with E-state index in [0.29, 0.717) is 18.9 Å². The van der Waals surface area contributed by atoms with Crippen molar-refractivity contribution < 1.29 is 13.2 Å². The Labute approximate surface area is 138 Å². The molecular formula is C17H24N2O3S. The van der Waals surface area contributed by atoms with Crippen molar-refractivity contribution >= 4 is 15.9 Å². The van der Waals surface area contributed by atoms with Gasteiger partial charge < -0.3 is 5.32 Å². The highest BCUT2D eigenvalue weighted by molar-refractivity contribution is 7.89. The van der Waals surface area contributed by atoms with Crippen LogP contribution in [0.4, 0.5) is 0 Å². The summed E-state index contributed by atoms with van der Waals surface area (Å²) in [4.78, 5) is 12.1. The fourth-order valence-corrected chi connectivity index (χ4v) is 3.90.